The van der Waals surface area contributed by atoms with E-state index < -0.39 is 12.1 Å². The summed E-state index contributed by atoms with van der Waals surface area (Å²) in [7, 11) is 0. The molecule has 0 aliphatic heterocycles. The van der Waals surface area contributed by atoms with Crippen molar-refractivity contribution < 1.29 is 4.79 Å². The van der Waals surface area contributed by atoms with Crippen LogP contribution in [-0.2, 0) is 17.6 Å². The maximum absolute atomic E-state index is 12.2. The molecule has 24 heavy (non-hydrogen) atoms. The Bertz CT molecular complexity index is 863. The number of H-pyrrole nitrogens is 1. The number of fused-ring (bicyclic) bond motifs is 1. The summed E-state index contributed by atoms with van der Waals surface area (Å²) in [5.41, 5.74) is 7.98. The molecular weight excluding hydrogens is 320 g/mol. The molecule has 5 nitrogen and oxygen atoms in total. The second-order valence-corrected chi connectivity index (χ2v) is 6.68. The first kappa shape index (κ1) is 16.2. The average molecular weight is 338 g/mol. The van der Waals surface area contributed by atoms with Gasteiger partial charge >= 0.3 is 0 Å². The van der Waals surface area contributed by atoms with Gasteiger partial charge in [-0.15, -0.1) is 11.3 Å². The minimum absolute atomic E-state index is 0.296. The number of hydrogen-bond donors (Lipinski definition) is 3. The van der Waals surface area contributed by atoms with E-state index in [1.54, 1.807) is 11.3 Å². The van der Waals surface area contributed by atoms with Crippen LogP contribution in [0.15, 0.2) is 48.0 Å². The molecule has 3 rings (SSSR count). The SMILES string of the molecule is N#C[C@H](Cc1c[nH]c2ccccc12)NC(=O)[C@@H](N)Cc1cccs1. The van der Waals surface area contributed by atoms with Crippen LogP contribution in [0.3, 0.4) is 0 Å². The van der Waals surface area contributed by atoms with Gasteiger partial charge in [-0.3, -0.25) is 4.79 Å². The van der Waals surface area contributed by atoms with Crippen LogP contribution in [0, 0.1) is 11.3 Å². The molecule has 3 aromatic rings. The largest absolute Gasteiger partial charge is 0.361 e. The van der Waals surface area contributed by atoms with E-state index in [0.717, 1.165) is 21.3 Å². The lowest BCUT2D eigenvalue weighted by atomic mass is 10.1. The summed E-state index contributed by atoms with van der Waals surface area (Å²) in [4.78, 5) is 16.5. The van der Waals surface area contributed by atoms with Gasteiger partial charge in [-0.05, 0) is 23.1 Å². The molecule has 1 amide bonds. The Labute approximate surface area is 144 Å². The molecule has 0 aliphatic rings. The van der Waals surface area contributed by atoms with Gasteiger partial charge in [0.05, 0.1) is 12.1 Å². The normalized spacial score (nSPS) is 13.3. The van der Waals surface area contributed by atoms with Crippen LogP contribution in [0.5, 0.6) is 0 Å². The standard InChI is InChI=1S/C18H18N4OS/c19-10-13(8-12-11-21-17-6-2-1-5-15(12)17)22-18(23)16(20)9-14-4-3-7-24-14/h1-7,11,13,16,21H,8-9,20H2,(H,22,23)/t13-,16-/m0/s1. The number of nitriles is 1. The first-order chi connectivity index (χ1) is 11.7. The number of para-hydroxylation sites is 1. The smallest absolute Gasteiger partial charge is 0.238 e. The zero-order valence-electron chi connectivity index (χ0n) is 13.0. The number of aromatic amines is 1. The second kappa shape index (κ2) is 7.30. The van der Waals surface area contributed by atoms with Crippen LogP contribution < -0.4 is 11.1 Å². The fourth-order valence-corrected chi connectivity index (χ4v) is 3.43. The number of carbonyl (C=O) groups is 1. The summed E-state index contributed by atoms with van der Waals surface area (Å²) >= 11 is 1.57. The minimum atomic E-state index is -0.650. The van der Waals surface area contributed by atoms with Gasteiger partial charge in [0.2, 0.25) is 5.91 Å². The van der Waals surface area contributed by atoms with E-state index in [4.69, 9.17) is 5.73 Å². The van der Waals surface area contributed by atoms with Gasteiger partial charge in [0.1, 0.15) is 6.04 Å². The molecule has 1 aromatic carbocycles. The number of nitrogens with zero attached hydrogens (tertiary/aromatic N) is 1. The summed E-state index contributed by atoms with van der Waals surface area (Å²) < 4.78 is 0. The fraction of sp³-hybridized carbons (Fsp3) is 0.222. The molecule has 4 N–H and O–H groups in total. The lowest BCUT2D eigenvalue weighted by Gasteiger charge is -2.15. The van der Waals surface area contributed by atoms with Crippen LogP contribution in [0.25, 0.3) is 10.9 Å². The highest BCUT2D eigenvalue weighted by atomic mass is 32.1. The summed E-state index contributed by atoms with van der Waals surface area (Å²) in [6, 6.07) is 12.7. The Morgan fingerprint density at radius 3 is 2.88 bits per heavy atom. The molecule has 0 spiro atoms. The molecule has 2 heterocycles. The number of carbonyl (C=O) groups excluding carboxylic acids is 1. The quantitative estimate of drug-likeness (QED) is 0.644. The molecule has 0 aliphatic carbocycles. The van der Waals surface area contributed by atoms with Gasteiger partial charge in [0.25, 0.3) is 0 Å². The molecule has 2 atom stereocenters. The maximum atomic E-state index is 12.2. The summed E-state index contributed by atoms with van der Waals surface area (Å²) in [5, 5.41) is 15.1. The Balaban J connectivity index is 1.64. The van der Waals surface area contributed by atoms with Crippen molar-refractivity contribution in [3.63, 3.8) is 0 Å². The van der Waals surface area contributed by atoms with Crippen LogP contribution >= 0.6 is 11.3 Å². The van der Waals surface area contributed by atoms with Crippen molar-refractivity contribution in [3.05, 3.63) is 58.4 Å². The number of nitrogens with two attached hydrogens (primary N) is 1. The molecule has 0 bridgehead atoms. The van der Waals surface area contributed by atoms with E-state index in [1.807, 2.05) is 48.0 Å². The van der Waals surface area contributed by atoms with E-state index in [1.165, 1.54) is 0 Å². The van der Waals surface area contributed by atoms with Crippen molar-refractivity contribution in [1.29, 1.82) is 5.26 Å². The summed E-state index contributed by atoms with van der Waals surface area (Å²) in [6.07, 6.45) is 2.81. The molecule has 6 heteroatoms. The minimum Gasteiger partial charge on any atom is -0.361 e. The highest BCUT2D eigenvalue weighted by Crippen LogP contribution is 2.19. The Morgan fingerprint density at radius 2 is 2.12 bits per heavy atom. The number of aromatic nitrogens is 1. The average Bonchev–Trinajstić information content (AvgIpc) is 3.24. The third kappa shape index (κ3) is 3.65. The zero-order valence-corrected chi connectivity index (χ0v) is 13.8. The highest BCUT2D eigenvalue weighted by Gasteiger charge is 2.19. The monoisotopic (exact) mass is 338 g/mol. The van der Waals surface area contributed by atoms with Gasteiger partial charge in [0, 0.05) is 34.8 Å². The van der Waals surface area contributed by atoms with Crippen LogP contribution in [-0.4, -0.2) is 23.0 Å². The predicted octanol–water partition coefficient (Wildman–Crippen LogP) is 2.35. The molecular formula is C18H18N4OS. The first-order valence-corrected chi connectivity index (χ1v) is 8.58. The Kier molecular flexibility index (Phi) is 4.94. The Morgan fingerprint density at radius 1 is 1.29 bits per heavy atom. The topological polar surface area (TPSA) is 94.7 Å². The van der Waals surface area contributed by atoms with Crippen molar-refractivity contribution in [1.82, 2.24) is 10.3 Å². The number of thiophene rings is 1. The number of amides is 1. The first-order valence-electron chi connectivity index (χ1n) is 7.70. The van der Waals surface area contributed by atoms with Crippen molar-refractivity contribution >= 4 is 28.1 Å². The van der Waals surface area contributed by atoms with Crippen LogP contribution in [0.1, 0.15) is 10.4 Å². The van der Waals surface area contributed by atoms with Crippen molar-refractivity contribution in [2.24, 2.45) is 5.73 Å². The second-order valence-electron chi connectivity index (χ2n) is 5.64. The molecule has 0 saturated carbocycles. The Hall–Kier alpha value is -2.62. The maximum Gasteiger partial charge on any atom is 0.238 e. The lowest BCUT2D eigenvalue weighted by molar-refractivity contribution is -0.122. The van der Waals surface area contributed by atoms with Crippen LogP contribution in [0.4, 0.5) is 0 Å². The predicted molar refractivity (Wildman–Crippen MR) is 95.5 cm³/mol. The summed E-state index contributed by atoms with van der Waals surface area (Å²) in [6.45, 7) is 0. The van der Waals surface area contributed by atoms with Crippen molar-refractivity contribution in [3.8, 4) is 6.07 Å². The number of hydrogen-bond acceptors (Lipinski definition) is 4. The van der Waals surface area contributed by atoms with Gasteiger partial charge in [-0.25, -0.2) is 0 Å². The number of benzene rings is 1. The third-order valence-electron chi connectivity index (χ3n) is 3.91. The van der Waals surface area contributed by atoms with E-state index >= 15 is 0 Å². The fourth-order valence-electron chi connectivity index (χ4n) is 2.67. The molecule has 2 aromatic heterocycles. The van der Waals surface area contributed by atoms with Gasteiger partial charge < -0.3 is 16.0 Å². The van der Waals surface area contributed by atoms with E-state index in [2.05, 4.69) is 16.4 Å². The van der Waals surface area contributed by atoms with Gasteiger partial charge in [-0.2, -0.15) is 5.26 Å². The van der Waals surface area contributed by atoms with Gasteiger partial charge in [-0.1, -0.05) is 24.3 Å². The summed E-state index contributed by atoms with van der Waals surface area (Å²) in [5.74, 6) is -0.296. The number of nitrogens with one attached hydrogen (secondary N) is 2. The molecule has 0 fully saturated rings. The van der Waals surface area contributed by atoms with E-state index in [0.29, 0.717) is 12.8 Å². The zero-order chi connectivity index (χ0) is 16.9. The van der Waals surface area contributed by atoms with Crippen molar-refractivity contribution in [2.75, 3.05) is 0 Å². The van der Waals surface area contributed by atoms with E-state index in [9.17, 15) is 10.1 Å². The molecule has 0 saturated heterocycles. The lowest BCUT2D eigenvalue weighted by Crippen LogP contribution is -2.46. The third-order valence-corrected chi connectivity index (χ3v) is 4.81. The van der Waals surface area contributed by atoms with Crippen molar-refractivity contribution in [2.45, 2.75) is 24.9 Å². The molecule has 122 valence electrons. The van der Waals surface area contributed by atoms with E-state index in [-0.39, 0.29) is 5.91 Å². The van der Waals surface area contributed by atoms with Crippen LogP contribution in [0.2, 0.25) is 0 Å². The highest BCUT2D eigenvalue weighted by molar-refractivity contribution is 7.09. The molecule has 0 radical (unpaired) electrons. The molecule has 0 unspecified atom stereocenters. The number of rotatable bonds is 6. The van der Waals surface area contributed by atoms with Gasteiger partial charge in [0.15, 0.2) is 0 Å².